The molecule has 0 atom stereocenters. The molecule has 0 aliphatic heterocycles. The van der Waals surface area contributed by atoms with Gasteiger partial charge in [0.1, 0.15) is 0 Å². The van der Waals surface area contributed by atoms with Crippen LogP contribution in [-0.2, 0) is 5.41 Å². The SMILES string of the molecule is N#Cc1ccc2c(c1)C1(CCCCC1)c1cc(Br)ccc1-2. The van der Waals surface area contributed by atoms with Gasteiger partial charge >= 0.3 is 0 Å². The normalized spacial score (nSPS) is 18.1. The zero-order chi connectivity index (χ0) is 14.4. The van der Waals surface area contributed by atoms with Crippen molar-refractivity contribution in [3.63, 3.8) is 0 Å². The summed E-state index contributed by atoms with van der Waals surface area (Å²) in [5.41, 5.74) is 6.46. The maximum atomic E-state index is 9.26. The third-order valence-electron chi connectivity index (χ3n) is 5.16. The van der Waals surface area contributed by atoms with Gasteiger partial charge < -0.3 is 0 Å². The third-order valence-corrected chi connectivity index (χ3v) is 5.65. The van der Waals surface area contributed by atoms with E-state index >= 15 is 0 Å². The molecular formula is C19H16BrN. The number of nitrogens with zero attached hydrogens (tertiary/aromatic N) is 1. The zero-order valence-corrected chi connectivity index (χ0v) is 13.4. The Morgan fingerprint density at radius 3 is 2.29 bits per heavy atom. The number of nitriles is 1. The van der Waals surface area contributed by atoms with Crippen molar-refractivity contribution in [3.05, 3.63) is 57.6 Å². The van der Waals surface area contributed by atoms with Crippen molar-refractivity contribution in [3.8, 4) is 17.2 Å². The molecular weight excluding hydrogens is 322 g/mol. The number of fused-ring (bicyclic) bond motifs is 5. The van der Waals surface area contributed by atoms with E-state index in [1.807, 2.05) is 6.07 Å². The van der Waals surface area contributed by atoms with Gasteiger partial charge in [-0.2, -0.15) is 5.26 Å². The molecule has 21 heavy (non-hydrogen) atoms. The average molecular weight is 338 g/mol. The molecule has 2 aromatic rings. The first-order chi connectivity index (χ1) is 10.2. The van der Waals surface area contributed by atoms with Crippen molar-refractivity contribution in [2.24, 2.45) is 0 Å². The summed E-state index contributed by atoms with van der Waals surface area (Å²) in [5, 5.41) is 9.26. The van der Waals surface area contributed by atoms with Gasteiger partial charge in [-0.25, -0.2) is 0 Å². The van der Waals surface area contributed by atoms with Crippen LogP contribution in [0.15, 0.2) is 40.9 Å². The van der Waals surface area contributed by atoms with Crippen LogP contribution in [0.2, 0.25) is 0 Å². The Balaban J connectivity index is 2.03. The van der Waals surface area contributed by atoms with Crippen LogP contribution >= 0.6 is 15.9 Å². The molecule has 4 rings (SSSR count). The van der Waals surface area contributed by atoms with E-state index in [9.17, 15) is 5.26 Å². The van der Waals surface area contributed by atoms with E-state index in [0.29, 0.717) is 0 Å². The number of hydrogen-bond acceptors (Lipinski definition) is 1. The zero-order valence-electron chi connectivity index (χ0n) is 11.8. The molecule has 2 heteroatoms. The minimum Gasteiger partial charge on any atom is -0.192 e. The van der Waals surface area contributed by atoms with Gasteiger partial charge in [0, 0.05) is 9.89 Å². The summed E-state index contributed by atoms with van der Waals surface area (Å²) in [7, 11) is 0. The summed E-state index contributed by atoms with van der Waals surface area (Å²) < 4.78 is 1.15. The van der Waals surface area contributed by atoms with Crippen LogP contribution in [0, 0.1) is 11.3 Å². The molecule has 1 spiro atoms. The van der Waals surface area contributed by atoms with E-state index in [2.05, 4.69) is 52.3 Å². The molecule has 1 fully saturated rings. The number of halogens is 1. The van der Waals surface area contributed by atoms with E-state index in [-0.39, 0.29) is 5.41 Å². The Bertz CT molecular complexity index is 764. The summed E-state index contributed by atoms with van der Waals surface area (Å²) in [6.07, 6.45) is 6.30. The number of rotatable bonds is 0. The molecule has 0 unspecified atom stereocenters. The summed E-state index contributed by atoms with van der Waals surface area (Å²) in [6, 6.07) is 15.2. The molecule has 0 saturated heterocycles. The first-order valence-corrected chi connectivity index (χ1v) is 8.39. The third kappa shape index (κ3) is 1.80. The molecule has 0 heterocycles. The summed E-state index contributed by atoms with van der Waals surface area (Å²) in [5.74, 6) is 0. The van der Waals surface area contributed by atoms with Crippen molar-refractivity contribution in [2.75, 3.05) is 0 Å². The van der Waals surface area contributed by atoms with Gasteiger partial charge in [-0.3, -0.25) is 0 Å². The summed E-state index contributed by atoms with van der Waals surface area (Å²) in [4.78, 5) is 0. The van der Waals surface area contributed by atoms with Crippen LogP contribution < -0.4 is 0 Å². The molecule has 2 aromatic carbocycles. The molecule has 0 N–H and O–H groups in total. The second kappa shape index (κ2) is 4.71. The first kappa shape index (κ1) is 13.1. The van der Waals surface area contributed by atoms with Crippen molar-refractivity contribution < 1.29 is 0 Å². The van der Waals surface area contributed by atoms with Gasteiger partial charge in [0.2, 0.25) is 0 Å². The van der Waals surface area contributed by atoms with Crippen LogP contribution in [0.4, 0.5) is 0 Å². The van der Waals surface area contributed by atoms with Crippen LogP contribution in [0.25, 0.3) is 11.1 Å². The lowest BCUT2D eigenvalue weighted by molar-refractivity contribution is 0.352. The Morgan fingerprint density at radius 2 is 1.57 bits per heavy atom. The van der Waals surface area contributed by atoms with Gasteiger partial charge in [0.05, 0.1) is 11.6 Å². The Labute approximate surface area is 133 Å². The quantitative estimate of drug-likeness (QED) is 0.618. The van der Waals surface area contributed by atoms with Crippen LogP contribution in [0.5, 0.6) is 0 Å². The lowest BCUT2D eigenvalue weighted by Crippen LogP contribution is -2.28. The smallest absolute Gasteiger partial charge is 0.0991 e. The minimum absolute atomic E-state index is 0.138. The van der Waals surface area contributed by atoms with Crippen LogP contribution in [0.1, 0.15) is 48.8 Å². The second-order valence-electron chi connectivity index (χ2n) is 6.20. The molecule has 2 aliphatic rings. The lowest BCUT2D eigenvalue weighted by Gasteiger charge is -2.36. The standard InChI is InChI=1S/C19H16BrN/c20-14-5-7-16-15-6-4-13(12-21)10-17(15)19(18(16)11-14)8-2-1-3-9-19/h4-7,10-11H,1-3,8-9H2. The van der Waals surface area contributed by atoms with E-state index in [0.717, 1.165) is 10.0 Å². The minimum atomic E-state index is 0.138. The fourth-order valence-corrected chi connectivity index (χ4v) is 4.59. The predicted molar refractivity (Wildman–Crippen MR) is 88.2 cm³/mol. The van der Waals surface area contributed by atoms with Gasteiger partial charge in [0.25, 0.3) is 0 Å². The molecule has 104 valence electrons. The highest BCUT2D eigenvalue weighted by atomic mass is 79.9. The molecule has 1 nitrogen and oxygen atoms in total. The molecule has 0 amide bonds. The Hall–Kier alpha value is -1.59. The van der Waals surface area contributed by atoms with Gasteiger partial charge in [-0.1, -0.05) is 47.3 Å². The Morgan fingerprint density at radius 1 is 0.905 bits per heavy atom. The van der Waals surface area contributed by atoms with Gasteiger partial charge in [0.15, 0.2) is 0 Å². The average Bonchev–Trinajstić information content (AvgIpc) is 2.78. The molecule has 0 radical (unpaired) electrons. The highest BCUT2D eigenvalue weighted by Gasteiger charge is 2.43. The summed E-state index contributed by atoms with van der Waals surface area (Å²) >= 11 is 3.64. The molecule has 0 aromatic heterocycles. The van der Waals surface area contributed by atoms with Crippen molar-refractivity contribution in [2.45, 2.75) is 37.5 Å². The fourth-order valence-electron chi connectivity index (χ4n) is 4.23. The number of benzene rings is 2. The first-order valence-electron chi connectivity index (χ1n) is 7.60. The largest absolute Gasteiger partial charge is 0.192 e. The maximum Gasteiger partial charge on any atom is 0.0991 e. The van der Waals surface area contributed by atoms with E-state index < -0.39 is 0 Å². The van der Waals surface area contributed by atoms with E-state index in [1.54, 1.807) is 0 Å². The molecule has 0 bridgehead atoms. The monoisotopic (exact) mass is 337 g/mol. The van der Waals surface area contributed by atoms with E-state index in [1.165, 1.54) is 54.4 Å². The van der Waals surface area contributed by atoms with Crippen LogP contribution in [0.3, 0.4) is 0 Å². The fraction of sp³-hybridized carbons (Fsp3) is 0.316. The Kier molecular flexibility index (Phi) is 2.94. The molecule has 1 saturated carbocycles. The topological polar surface area (TPSA) is 23.8 Å². The van der Waals surface area contributed by atoms with E-state index in [4.69, 9.17) is 0 Å². The summed E-state index contributed by atoms with van der Waals surface area (Å²) in [6.45, 7) is 0. The molecule has 2 aliphatic carbocycles. The highest BCUT2D eigenvalue weighted by molar-refractivity contribution is 9.10. The van der Waals surface area contributed by atoms with Crippen molar-refractivity contribution in [1.82, 2.24) is 0 Å². The van der Waals surface area contributed by atoms with Crippen LogP contribution in [-0.4, -0.2) is 0 Å². The maximum absolute atomic E-state index is 9.26. The lowest BCUT2D eigenvalue weighted by atomic mass is 9.67. The van der Waals surface area contributed by atoms with Gasteiger partial charge in [-0.05, 0) is 59.4 Å². The highest BCUT2D eigenvalue weighted by Crippen LogP contribution is 2.56. The van der Waals surface area contributed by atoms with Crippen molar-refractivity contribution >= 4 is 15.9 Å². The number of hydrogen-bond donors (Lipinski definition) is 0. The van der Waals surface area contributed by atoms with Gasteiger partial charge in [-0.15, -0.1) is 0 Å². The second-order valence-corrected chi connectivity index (χ2v) is 7.12. The van der Waals surface area contributed by atoms with Crippen molar-refractivity contribution in [1.29, 1.82) is 5.26 Å². The predicted octanol–water partition coefficient (Wildman–Crippen LogP) is 5.55.